The minimum absolute atomic E-state index is 0.145. The van der Waals surface area contributed by atoms with Crippen LogP contribution in [0.3, 0.4) is 0 Å². The minimum atomic E-state index is -0.932. The number of carbonyl (C=O) groups excluding carboxylic acids is 2. The number of esters is 1. The van der Waals surface area contributed by atoms with Gasteiger partial charge in [-0.2, -0.15) is 0 Å². The Kier molecular flexibility index (Phi) is 7.13. The average molecular weight is 362 g/mol. The van der Waals surface area contributed by atoms with Gasteiger partial charge in [0, 0.05) is 12.6 Å². The summed E-state index contributed by atoms with van der Waals surface area (Å²) in [7, 11) is 0. The smallest absolute Gasteiger partial charge is 0.433 e. The van der Waals surface area contributed by atoms with E-state index >= 15 is 0 Å². The Bertz CT molecular complexity index is 719. The fourth-order valence-corrected chi connectivity index (χ4v) is 2.57. The van der Waals surface area contributed by atoms with Crippen LogP contribution in [0.4, 0.5) is 5.88 Å². The average Bonchev–Trinajstić information content (AvgIpc) is 3.10. The Hall–Kier alpha value is -2.90. The van der Waals surface area contributed by atoms with Gasteiger partial charge in [0.15, 0.2) is 6.10 Å². The van der Waals surface area contributed by atoms with Crippen molar-refractivity contribution < 1.29 is 23.7 Å². The number of furan rings is 1. The molecule has 1 amide bonds. The number of ether oxygens (including phenoxy) is 1. The first-order valence-electron chi connectivity index (χ1n) is 8.54. The Morgan fingerprint density at radius 2 is 2.23 bits per heavy atom. The van der Waals surface area contributed by atoms with Crippen molar-refractivity contribution in [2.24, 2.45) is 0 Å². The molecule has 8 heteroatoms. The lowest BCUT2D eigenvalue weighted by Crippen LogP contribution is -2.36. The van der Waals surface area contributed by atoms with E-state index in [2.05, 4.69) is 11.4 Å². The third kappa shape index (κ3) is 6.19. The van der Waals surface area contributed by atoms with Gasteiger partial charge in [-0.05, 0) is 51.2 Å². The molecular formula is C18H22N2O6. The van der Waals surface area contributed by atoms with E-state index in [1.165, 1.54) is 43.5 Å². The van der Waals surface area contributed by atoms with Gasteiger partial charge in [0.25, 0.3) is 5.91 Å². The quantitative estimate of drug-likeness (QED) is 0.250. The van der Waals surface area contributed by atoms with Crippen molar-refractivity contribution in [2.75, 3.05) is 6.54 Å². The second kappa shape index (κ2) is 9.55. The maximum atomic E-state index is 11.9. The molecule has 0 unspecified atom stereocenters. The van der Waals surface area contributed by atoms with Crippen molar-refractivity contribution in [3.63, 3.8) is 0 Å². The monoisotopic (exact) mass is 362 g/mol. The Balaban J connectivity index is 1.72. The fraction of sp³-hybridized carbons (Fsp3) is 0.444. The molecule has 0 bridgehead atoms. The highest BCUT2D eigenvalue weighted by Crippen LogP contribution is 2.19. The van der Waals surface area contributed by atoms with Crippen LogP contribution in [0.15, 0.2) is 34.3 Å². The highest BCUT2D eigenvalue weighted by molar-refractivity contribution is 5.90. The van der Waals surface area contributed by atoms with E-state index in [9.17, 15) is 19.7 Å². The minimum Gasteiger partial charge on any atom is -0.449 e. The van der Waals surface area contributed by atoms with Gasteiger partial charge >= 0.3 is 11.9 Å². The molecule has 140 valence electrons. The Labute approximate surface area is 151 Å². The van der Waals surface area contributed by atoms with Crippen molar-refractivity contribution in [3.8, 4) is 0 Å². The summed E-state index contributed by atoms with van der Waals surface area (Å²) in [5.41, 5.74) is 1.36. The van der Waals surface area contributed by atoms with Crippen LogP contribution in [0, 0.1) is 10.1 Å². The van der Waals surface area contributed by atoms with Gasteiger partial charge in [0.2, 0.25) is 0 Å². The number of carbonyl (C=O) groups is 2. The second-order valence-corrected chi connectivity index (χ2v) is 5.99. The van der Waals surface area contributed by atoms with Gasteiger partial charge in [-0.15, -0.1) is 0 Å². The SMILES string of the molecule is C[C@H](OC(=O)/C=C/c1ccc([N+](=O)[O-])o1)C(=O)NCCC1=CCCCC1. The first-order valence-corrected chi connectivity index (χ1v) is 8.54. The molecule has 1 aromatic heterocycles. The van der Waals surface area contributed by atoms with Gasteiger partial charge in [-0.1, -0.05) is 11.6 Å². The van der Waals surface area contributed by atoms with E-state index in [4.69, 9.17) is 9.15 Å². The molecule has 0 saturated heterocycles. The van der Waals surface area contributed by atoms with Crippen molar-refractivity contribution in [1.82, 2.24) is 5.32 Å². The maximum Gasteiger partial charge on any atom is 0.433 e. The molecule has 1 aliphatic carbocycles. The Morgan fingerprint density at radius 1 is 1.42 bits per heavy atom. The summed E-state index contributed by atoms with van der Waals surface area (Å²) in [6.45, 7) is 2.00. The van der Waals surface area contributed by atoms with Crippen LogP contribution in [0.5, 0.6) is 0 Å². The van der Waals surface area contributed by atoms with E-state index < -0.39 is 22.9 Å². The summed E-state index contributed by atoms with van der Waals surface area (Å²) in [5.74, 6) is -1.37. The van der Waals surface area contributed by atoms with Crippen molar-refractivity contribution in [1.29, 1.82) is 0 Å². The van der Waals surface area contributed by atoms with Crippen LogP contribution >= 0.6 is 0 Å². The molecule has 1 aliphatic rings. The summed E-state index contributed by atoms with van der Waals surface area (Å²) < 4.78 is 9.88. The van der Waals surface area contributed by atoms with E-state index in [-0.39, 0.29) is 11.7 Å². The molecule has 0 aliphatic heterocycles. The molecule has 0 saturated carbocycles. The number of allylic oxidation sites excluding steroid dienone is 1. The number of nitrogens with one attached hydrogen (secondary N) is 1. The first-order chi connectivity index (χ1) is 12.5. The lowest BCUT2D eigenvalue weighted by molar-refractivity contribution is -0.402. The van der Waals surface area contributed by atoms with Gasteiger partial charge < -0.3 is 14.5 Å². The normalized spacial score (nSPS) is 15.3. The van der Waals surface area contributed by atoms with E-state index in [1.54, 1.807) is 0 Å². The van der Waals surface area contributed by atoms with Crippen LogP contribution in [-0.2, 0) is 14.3 Å². The summed E-state index contributed by atoms with van der Waals surface area (Å²) >= 11 is 0. The highest BCUT2D eigenvalue weighted by atomic mass is 16.6. The van der Waals surface area contributed by atoms with Crippen molar-refractivity contribution >= 4 is 23.8 Å². The van der Waals surface area contributed by atoms with E-state index in [1.807, 2.05) is 0 Å². The highest BCUT2D eigenvalue weighted by Gasteiger charge is 2.16. The molecular weight excluding hydrogens is 340 g/mol. The fourth-order valence-electron chi connectivity index (χ4n) is 2.57. The summed E-state index contributed by atoms with van der Waals surface area (Å²) in [6.07, 6.45) is 9.00. The maximum absolute atomic E-state index is 11.9. The summed E-state index contributed by atoms with van der Waals surface area (Å²) in [5, 5.41) is 13.3. The number of hydrogen-bond donors (Lipinski definition) is 1. The molecule has 0 aromatic carbocycles. The largest absolute Gasteiger partial charge is 0.449 e. The van der Waals surface area contributed by atoms with Crippen LogP contribution < -0.4 is 5.32 Å². The van der Waals surface area contributed by atoms with Crippen molar-refractivity contribution in [2.45, 2.75) is 45.1 Å². The molecule has 1 aromatic rings. The van der Waals surface area contributed by atoms with E-state index in [0.29, 0.717) is 6.54 Å². The van der Waals surface area contributed by atoms with Crippen molar-refractivity contribution in [3.05, 3.63) is 45.7 Å². The molecule has 1 heterocycles. The van der Waals surface area contributed by atoms with Crippen LogP contribution in [0.1, 0.15) is 44.8 Å². The van der Waals surface area contributed by atoms with Gasteiger partial charge in [-0.3, -0.25) is 14.9 Å². The standard InChI is InChI=1S/C18H22N2O6/c1-13(18(22)19-12-11-14-5-3-2-4-6-14)25-17(21)10-8-15-7-9-16(26-15)20(23)24/h5,7-10,13H,2-4,6,11-12H2,1H3,(H,19,22)/b10-8+/t13-/m0/s1. The number of nitrogens with zero attached hydrogens (tertiary/aromatic N) is 1. The third-order valence-electron chi connectivity index (χ3n) is 3.97. The predicted octanol–water partition coefficient (Wildman–Crippen LogP) is 3.14. The molecule has 2 rings (SSSR count). The molecule has 1 atom stereocenters. The molecule has 1 N–H and O–H groups in total. The number of nitro groups is 1. The lowest BCUT2D eigenvalue weighted by Gasteiger charge is -2.15. The summed E-state index contributed by atoms with van der Waals surface area (Å²) in [4.78, 5) is 33.5. The zero-order valence-electron chi connectivity index (χ0n) is 14.6. The second-order valence-electron chi connectivity index (χ2n) is 5.99. The molecule has 0 fully saturated rings. The molecule has 0 spiro atoms. The number of amides is 1. The topological polar surface area (TPSA) is 112 Å². The lowest BCUT2D eigenvalue weighted by atomic mass is 9.97. The predicted molar refractivity (Wildman–Crippen MR) is 94.1 cm³/mol. The molecule has 0 radical (unpaired) electrons. The Morgan fingerprint density at radius 3 is 2.88 bits per heavy atom. The molecule has 26 heavy (non-hydrogen) atoms. The zero-order valence-corrected chi connectivity index (χ0v) is 14.6. The third-order valence-corrected chi connectivity index (χ3v) is 3.97. The summed E-state index contributed by atoms with van der Waals surface area (Å²) in [6, 6.07) is 2.54. The number of rotatable bonds is 8. The zero-order chi connectivity index (χ0) is 18.9. The van der Waals surface area contributed by atoms with Crippen LogP contribution in [-0.4, -0.2) is 29.4 Å². The van der Waals surface area contributed by atoms with Gasteiger partial charge in [-0.25, -0.2) is 4.79 Å². The van der Waals surface area contributed by atoms with E-state index in [0.717, 1.165) is 25.3 Å². The molecule has 8 nitrogen and oxygen atoms in total. The van der Waals surface area contributed by atoms with Crippen LogP contribution in [0.25, 0.3) is 6.08 Å². The van der Waals surface area contributed by atoms with Gasteiger partial charge in [0.05, 0.1) is 6.07 Å². The van der Waals surface area contributed by atoms with Gasteiger partial charge in [0.1, 0.15) is 10.7 Å². The van der Waals surface area contributed by atoms with Crippen LogP contribution in [0.2, 0.25) is 0 Å². The number of hydrogen-bond acceptors (Lipinski definition) is 6. The first kappa shape index (κ1) is 19.4.